The van der Waals surface area contributed by atoms with Crippen LogP contribution in [0.4, 0.5) is 0 Å². The van der Waals surface area contributed by atoms with Gasteiger partial charge in [0, 0.05) is 19.7 Å². The lowest BCUT2D eigenvalue weighted by Crippen LogP contribution is -2.31. The van der Waals surface area contributed by atoms with Crippen LogP contribution < -0.4 is 5.32 Å². The Morgan fingerprint density at radius 3 is 2.00 bits per heavy atom. The largest absolute Gasteiger partial charge is 0.382 e. The molecule has 4 heteroatoms. The quantitative estimate of drug-likeness (QED) is 0.518. The van der Waals surface area contributed by atoms with Crippen molar-refractivity contribution in [3.05, 3.63) is 0 Å². The third kappa shape index (κ3) is 10.4. The Hall–Kier alpha value is -0.160. The van der Waals surface area contributed by atoms with Crippen molar-refractivity contribution >= 4 is 0 Å². The zero-order chi connectivity index (χ0) is 12.1. The van der Waals surface area contributed by atoms with Gasteiger partial charge in [0.25, 0.3) is 0 Å². The first-order valence-electron chi connectivity index (χ1n) is 6.22. The number of ether oxygens (including phenoxy) is 3. The van der Waals surface area contributed by atoms with Gasteiger partial charge in [-0.05, 0) is 12.8 Å². The normalized spacial score (nSPS) is 11.2. The molecule has 16 heavy (non-hydrogen) atoms. The van der Waals surface area contributed by atoms with Crippen molar-refractivity contribution < 1.29 is 14.2 Å². The maximum Gasteiger partial charge on any atom is 0.0701 e. The second-order valence-corrected chi connectivity index (χ2v) is 3.69. The van der Waals surface area contributed by atoms with Crippen LogP contribution in [-0.2, 0) is 14.2 Å². The number of nitrogens with one attached hydrogen (secondary N) is 1. The first-order chi connectivity index (χ1) is 7.85. The van der Waals surface area contributed by atoms with E-state index in [1.165, 1.54) is 12.8 Å². The molecule has 0 aromatic rings. The van der Waals surface area contributed by atoms with Crippen LogP contribution in [-0.4, -0.2) is 52.7 Å². The molecule has 0 spiro atoms. The van der Waals surface area contributed by atoms with Gasteiger partial charge in [-0.3, -0.25) is 0 Å². The van der Waals surface area contributed by atoms with Gasteiger partial charge < -0.3 is 19.5 Å². The average molecular weight is 233 g/mol. The van der Waals surface area contributed by atoms with Crippen molar-refractivity contribution in [1.82, 2.24) is 5.32 Å². The molecule has 0 aliphatic rings. The van der Waals surface area contributed by atoms with Crippen LogP contribution in [0.5, 0.6) is 0 Å². The van der Waals surface area contributed by atoms with Gasteiger partial charge in [0.15, 0.2) is 0 Å². The van der Waals surface area contributed by atoms with Gasteiger partial charge in [0.05, 0.1) is 33.0 Å². The maximum absolute atomic E-state index is 5.42. The Morgan fingerprint density at radius 1 is 0.875 bits per heavy atom. The summed E-state index contributed by atoms with van der Waals surface area (Å²) >= 11 is 0. The second kappa shape index (κ2) is 12.9. The molecular formula is C12H27NO3. The van der Waals surface area contributed by atoms with Crippen molar-refractivity contribution in [1.29, 1.82) is 0 Å². The van der Waals surface area contributed by atoms with Crippen molar-refractivity contribution in [2.24, 2.45) is 0 Å². The van der Waals surface area contributed by atoms with E-state index in [9.17, 15) is 0 Å². The average Bonchev–Trinajstić information content (AvgIpc) is 2.32. The van der Waals surface area contributed by atoms with Gasteiger partial charge in [-0.2, -0.15) is 0 Å². The van der Waals surface area contributed by atoms with Gasteiger partial charge in [0.1, 0.15) is 0 Å². The summed E-state index contributed by atoms with van der Waals surface area (Å²) in [7, 11) is 1.67. The molecule has 0 aliphatic heterocycles. The predicted octanol–water partition coefficient (Wildman–Crippen LogP) is 1.44. The van der Waals surface area contributed by atoms with E-state index >= 15 is 0 Å². The fourth-order valence-corrected chi connectivity index (χ4v) is 1.38. The summed E-state index contributed by atoms with van der Waals surface area (Å²) in [6.07, 6.45) is 2.35. The minimum atomic E-state index is 0.626. The molecule has 0 aromatic heterocycles. The van der Waals surface area contributed by atoms with Gasteiger partial charge >= 0.3 is 0 Å². The molecule has 0 amide bonds. The topological polar surface area (TPSA) is 39.7 Å². The lowest BCUT2D eigenvalue weighted by atomic mass is 10.2. The van der Waals surface area contributed by atoms with Crippen LogP contribution in [0.2, 0.25) is 0 Å². The minimum Gasteiger partial charge on any atom is -0.382 e. The van der Waals surface area contributed by atoms with E-state index in [4.69, 9.17) is 14.2 Å². The fourth-order valence-electron chi connectivity index (χ4n) is 1.38. The zero-order valence-electron chi connectivity index (χ0n) is 11.0. The molecule has 0 aliphatic carbocycles. The van der Waals surface area contributed by atoms with E-state index in [1.54, 1.807) is 7.11 Å². The summed E-state index contributed by atoms with van der Waals surface area (Å²) in [5.41, 5.74) is 0. The Balaban J connectivity index is 3.03. The second-order valence-electron chi connectivity index (χ2n) is 3.69. The van der Waals surface area contributed by atoms with E-state index in [1.807, 2.05) is 0 Å². The number of methoxy groups -OCH3 is 1. The first-order valence-corrected chi connectivity index (χ1v) is 6.22. The van der Waals surface area contributed by atoms with Crippen LogP contribution in [0.3, 0.4) is 0 Å². The summed E-state index contributed by atoms with van der Waals surface area (Å²) in [4.78, 5) is 0. The smallest absolute Gasteiger partial charge is 0.0701 e. The molecular weight excluding hydrogens is 206 g/mol. The highest BCUT2D eigenvalue weighted by Crippen LogP contribution is 1.94. The molecule has 0 unspecified atom stereocenters. The van der Waals surface area contributed by atoms with E-state index in [-0.39, 0.29) is 0 Å². The molecule has 0 atom stereocenters. The summed E-state index contributed by atoms with van der Waals surface area (Å²) in [5.74, 6) is 0. The molecule has 0 bridgehead atoms. The van der Waals surface area contributed by atoms with E-state index < -0.39 is 0 Å². The molecule has 0 fully saturated rings. The van der Waals surface area contributed by atoms with Crippen LogP contribution >= 0.6 is 0 Å². The highest BCUT2D eigenvalue weighted by Gasteiger charge is 2.00. The van der Waals surface area contributed by atoms with Gasteiger partial charge in [-0.1, -0.05) is 13.8 Å². The minimum absolute atomic E-state index is 0.626. The highest BCUT2D eigenvalue weighted by molar-refractivity contribution is 4.61. The number of hydrogen-bond acceptors (Lipinski definition) is 4. The molecule has 4 nitrogen and oxygen atoms in total. The van der Waals surface area contributed by atoms with Gasteiger partial charge in [-0.25, -0.2) is 0 Å². The molecule has 0 saturated heterocycles. The summed E-state index contributed by atoms with van der Waals surface area (Å²) in [6.45, 7) is 8.68. The van der Waals surface area contributed by atoms with E-state index in [2.05, 4.69) is 19.2 Å². The summed E-state index contributed by atoms with van der Waals surface area (Å²) in [5, 5.41) is 3.44. The van der Waals surface area contributed by atoms with Crippen LogP contribution in [0.15, 0.2) is 0 Å². The van der Waals surface area contributed by atoms with E-state index in [0.29, 0.717) is 32.5 Å². The summed E-state index contributed by atoms with van der Waals surface area (Å²) < 4.78 is 15.6. The lowest BCUT2D eigenvalue weighted by molar-refractivity contribution is 0.0252. The Kier molecular flexibility index (Phi) is 12.8. The maximum atomic E-state index is 5.42. The molecule has 0 aromatic carbocycles. The van der Waals surface area contributed by atoms with Gasteiger partial charge in [-0.15, -0.1) is 0 Å². The SMILES string of the molecule is CCC(CC)NCCOCCOCCOC. The Morgan fingerprint density at radius 2 is 1.44 bits per heavy atom. The standard InChI is InChI=1S/C12H27NO3/c1-4-12(5-2)13-6-7-15-10-11-16-9-8-14-3/h12-13H,4-11H2,1-3H3. The lowest BCUT2D eigenvalue weighted by Gasteiger charge is -2.14. The van der Waals surface area contributed by atoms with Crippen molar-refractivity contribution in [2.45, 2.75) is 32.7 Å². The van der Waals surface area contributed by atoms with Crippen molar-refractivity contribution in [2.75, 3.05) is 46.7 Å². The van der Waals surface area contributed by atoms with Crippen LogP contribution in [0.1, 0.15) is 26.7 Å². The zero-order valence-corrected chi connectivity index (χ0v) is 11.0. The Bertz CT molecular complexity index is 129. The molecule has 98 valence electrons. The van der Waals surface area contributed by atoms with Crippen molar-refractivity contribution in [3.8, 4) is 0 Å². The predicted molar refractivity (Wildman–Crippen MR) is 65.9 cm³/mol. The molecule has 0 radical (unpaired) electrons. The van der Waals surface area contributed by atoms with Crippen molar-refractivity contribution in [3.63, 3.8) is 0 Å². The van der Waals surface area contributed by atoms with Crippen LogP contribution in [0.25, 0.3) is 0 Å². The highest BCUT2D eigenvalue weighted by atomic mass is 16.5. The Labute approximate surface area is 99.6 Å². The summed E-state index contributed by atoms with van der Waals surface area (Å²) in [6, 6.07) is 0.626. The monoisotopic (exact) mass is 233 g/mol. The number of hydrogen-bond donors (Lipinski definition) is 1. The molecule has 0 heterocycles. The third-order valence-corrected chi connectivity index (χ3v) is 2.47. The molecule has 0 rings (SSSR count). The van der Waals surface area contributed by atoms with E-state index in [0.717, 1.165) is 13.2 Å². The van der Waals surface area contributed by atoms with Gasteiger partial charge in [0.2, 0.25) is 0 Å². The molecule has 1 N–H and O–H groups in total. The molecule has 0 saturated carbocycles. The number of rotatable bonds is 12. The fraction of sp³-hybridized carbons (Fsp3) is 1.00. The third-order valence-electron chi connectivity index (χ3n) is 2.47. The first kappa shape index (κ1) is 15.8. The van der Waals surface area contributed by atoms with Crippen LogP contribution in [0, 0.1) is 0 Å².